The lowest BCUT2D eigenvalue weighted by atomic mass is 10.2. The highest BCUT2D eigenvalue weighted by Gasteiger charge is 2.22. The van der Waals surface area contributed by atoms with Gasteiger partial charge >= 0.3 is 0 Å². The molecule has 1 aliphatic carbocycles. The average molecular weight is 182 g/mol. The summed E-state index contributed by atoms with van der Waals surface area (Å²) in [5, 5.41) is 3.71. The number of likely N-dealkylation sites (N-methyl/N-ethyl adjacent to an activating group) is 1. The summed E-state index contributed by atoms with van der Waals surface area (Å²) in [5.41, 5.74) is 0. The molecule has 1 saturated heterocycles. The molecule has 2 aliphatic rings. The lowest BCUT2D eigenvalue weighted by Gasteiger charge is -2.22. The number of nitrogens with zero attached hydrogens (tertiary/aromatic N) is 1. The van der Waals surface area contributed by atoms with E-state index in [1.165, 1.54) is 51.6 Å². The molecule has 0 aromatic rings. The Morgan fingerprint density at radius 2 is 1.92 bits per heavy atom. The lowest BCUT2D eigenvalue weighted by Crippen LogP contribution is -2.39. The van der Waals surface area contributed by atoms with Crippen LogP contribution in [-0.2, 0) is 0 Å². The van der Waals surface area contributed by atoms with Crippen LogP contribution in [0, 0.1) is 0 Å². The zero-order chi connectivity index (χ0) is 9.10. The van der Waals surface area contributed by atoms with Crippen LogP contribution in [0.5, 0.6) is 0 Å². The summed E-state index contributed by atoms with van der Waals surface area (Å²) in [7, 11) is 2.26. The molecule has 0 spiro atoms. The first-order chi connectivity index (χ1) is 6.36. The van der Waals surface area contributed by atoms with Gasteiger partial charge in [0.1, 0.15) is 0 Å². The number of nitrogens with one attached hydrogen (secondary N) is 1. The molecular weight excluding hydrogens is 160 g/mol. The van der Waals surface area contributed by atoms with Crippen LogP contribution in [0.25, 0.3) is 0 Å². The summed E-state index contributed by atoms with van der Waals surface area (Å²) in [6.45, 7) is 2.53. The van der Waals surface area contributed by atoms with Crippen LogP contribution < -0.4 is 5.32 Å². The molecule has 0 unspecified atom stereocenters. The van der Waals surface area contributed by atoms with Gasteiger partial charge in [0.25, 0.3) is 0 Å². The minimum absolute atomic E-state index is 0.820. The Hall–Kier alpha value is -0.0800. The first-order valence-corrected chi connectivity index (χ1v) is 5.80. The summed E-state index contributed by atoms with van der Waals surface area (Å²) >= 11 is 0. The van der Waals surface area contributed by atoms with Gasteiger partial charge in [0.05, 0.1) is 0 Å². The van der Waals surface area contributed by atoms with Crippen LogP contribution >= 0.6 is 0 Å². The summed E-state index contributed by atoms with van der Waals surface area (Å²) in [4.78, 5) is 2.50. The van der Waals surface area contributed by atoms with Gasteiger partial charge in [-0.2, -0.15) is 0 Å². The van der Waals surface area contributed by atoms with E-state index >= 15 is 0 Å². The number of hydrogen-bond donors (Lipinski definition) is 1. The maximum absolute atomic E-state index is 3.71. The fourth-order valence-electron chi connectivity index (χ4n) is 2.67. The van der Waals surface area contributed by atoms with Crippen LogP contribution in [0.1, 0.15) is 38.5 Å². The van der Waals surface area contributed by atoms with Gasteiger partial charge in [0.2, 0.25) is 0 Å². The Labute approximate surface area is 81.7 Å². The monoisotopic (exact) mass is 182 g/mol. The van der Waals surface area contributed by atoms with E-state index in [9.17, 15) is 0 Å². The molecule has 0 amide bonds. The Balaban J connectivity index is 1.66. The Morgan fingerprint density at radius 1 is 1.15 bits per heavy atom. The van der Waals surface area contributed by atoms with Gasteiger partial charge in [0, 0.05) is 18.6 Å². The Morgan fingerprint density at radius 3 is 2.54 bits per heavy atom. The van der Waals surface area contributed by atoms with E-state index in [1.54, 1.807) is 0 Å². The predicted octanol–water partition coefficient (Wildman–Crippen LogP) is 1.61. The molecule has 2 fully saturated rings. The molecule has 1 atom stereocenters. The van der Waals surface area contributed by atoms with E-state index in [0.29, 0.717) is 0 Å². The molecule has 0 aromatic carbocycles. The minimum atomic E-state index is 0.820. The third-order valence-electron chi connectivity index (χ3n) is 3.67. The van der Waals surface area contributed by atoms with E-state index in [1.807, 2.05) is 0 Å². The molecule has 2 nitrogen and oxygen atoms in total. The Kier molecular flexibility index (Phi) is 3.23. The van der Waals surface area contributed by atoms with Gasteiger partial charge in [-0.3, -0.25) is 0 Å². The van der Waals surface area contributed by atoms with Gasteiger partial charge in [-0.25, -0.2) is 0 Å². The van der Waals surface area contributed by atoms with Gasteiger partial charge in [-0.1, -0.05) is 12.8 Å². The molecule has 76 valence electrons. The van der Waals surface area contributed by atoms with Crippen molar-refractivity contribution in [1.82, 2.24) is 10.2 Å². The number of likely N-dealkylation sites (tertiary alicyclic amines) is 1. The molecule has 1 N–H and O–H groups in total. The van der Waals surface area contributed by atoms with Crippen molar-refractivity contribution in [3.8, 4) is 0 Å². The van der Waals surface area contributed by atoms with Crippen molar-refractivity contribution < 1.29 is 0 Å². The predicted molar refractivity (Wildman–Crippen MR) is 55.9 cm³/mol. The van der Waals surface area contributed by atoms with Gasteiger partial charge in [-0.05, 0) is 39.3 Å². The van der Waals surface area contributed by atoms with Crippen LogP contribution in [0.3, 0.4) is 0 Å². The highest BCUT2D eigenvalue weighted by atomic mass is 15.2. The quantitative estimate of drug-likeness (QED) is 0.713. The molecule has 2 rings (SSSR count). The highest BCUT2D eigenvalue weighted by molar-refractivity contribution is 4.81. The van der Waals surface area contributed by atoms with E-state index in [2.05, 4.69) is 17.3 Å². The SMILES string of the molecule is CN1CCC[C@H]1CNC1CCCC1. The van der Waals surface area contributed by atoms with Crippen molar-refractivity contribution in [3.63, 3.8) is 0 Å². The van der Waals surface area contributed by atoms with E-state index in [-0.39, 0.29) is 0 Å². The van der Waals surface area contributed by atoms with Crippen molar-refractivity contribution in [2.45, 2.75) is 50.6 Å². The number of rotatable bonds is 3. The van der Waals surface area contributed by atoms with Crippen molar-refractivity contribution in [3.05, 3.63) is 0 Å². The summed E-state index contributed by atoms with van der Waals surface area (Å²) < 4.78 is 0. The number of hydrogen-bond acceptors (Lipinski definition) is 2. The maximum Gasteiger partial charge on any atom is 0.0218 e. The molecule has 1 aliphatic heterocycles. The van der Waals surface area contributed by atoms with E-state index in [4.69, 9.17) is 0 Å². The fourth-order valence-corrected chi connectivity index (χ4v) is 2.67. The lowest BCUT2D eigenvalue weighted by molar-refractivity contribution is 0.291. The van der Waals surface area contributed by atoms with Gasteiger partial charge in [-0.15, -0.1) is 0 Å². The van der Waals surface area contributed by atoms with E-state index in [0.717, 1.165) is 12.1 Å². The van der Waals surface area contributed by atoms with E-state index < -0.39 is 0 Å². The summed E-state index contributed by atoms with van der Waals surface area (Å²) in [6.07, 6.45) is 8.51. The molecule has 13 heavy (non-hydrogen) atoms. The minimum Gasteiger partial charge on any atom is -0.312 e. The zero-order valence-electron chi connectivity index (χ0n) is 8.76. The molecular formula is C11H22N2. The average Bonchev–Trinajstić information content (AvgIpc) is 2.72. The standard InChI is InChI=1S/C11H22N2/c1-13-8-4-7-11(13)9-12-10-5-2-3-6-10/h10-12H,2-9H2,1H3/t11-/m0/s1. The third-order valence-corrected chi connectivity index (χ3v) is 3.67. The van der Waals surface area contributed by atoms with Crippen molar-refractivity contribution in [2.75, 3.05) is 20.1 Å². The Bertz CT molecular complexity index is 152. The topological polar surface area (TPSA) is 15.3 Å². The van der Waals surface area contributed by atoms with Crippen LogP contribution in [0.15, 0.2) is 0 Å². The maximum atomic E-state index is 3.71. The second kappa shape index (κ2) is 4.43. The second-order valence-corrected chi connectivity index (χ2v) is 4.67. The van der Waals surface area contributed by atoms with Gasteiger partial charge in [0.15, 0.2) is 0 Å². The molecule has 0 aromatic heterocycles. The van der Waals surface area contributed by atoms with Crippen LogP contribution in [0.4, 0.5) is 0 Å². The second-order valence-electron chi connectivity index (χ2n) is 4.67. The van der Waals surface area contributed by atoms with Crippen molar-refractivity contribution in [2.24, 2.45) is 0 Å². The fraction of sp³-hybridized carbons (Fsp3) is 1.00. The molecule has 0 bridgehead atoms. The molecule has 1 heterocycles. The summed E-state index contributed by atoms with van der Waals surface area (Å²) in [6, 6.07) is 1.66. The molecule has 2 heteroatoms. The molecule has 0 radical (unpaired) electrons. The normalized spacial score (nSPS) is 31.6. The van der Waals surface area contributed by atoms with Crippen LogP contribution in [0.2, 0.25) is 0 Å². The summed E-state index contributed by atoms with van der Waals surface area (Å²) in [5.74, 6) is 0. The molecule has 1 saturated carbocycles. The first-order valence-electron chi connectivity index (χ1n) is 5.80. The van der Waals surface area contributed by atoms with Crippen molar-refractivity contribution >= 4 is 0 Å². The highest BCUT2D eigenvalue weighted by Crippen LogP contribution is 2.19. The zero-order valence-corrected chi connectivity index (χ0v) is 8.76. The van der Waals surface area contributed by atoms with Crippen molar-refractivity contribution in [1.29, 1.82) is 0 Å². The van der Waals surface area contributed by atoms with Crippen LogP contribution in [-0.4, -0.2) is 37.1 Å². The first kappa shape index (κ1) is 9.47. The smallest absolute Gasteiger partial charge is 0.0218 e. The largest absolute Gasteiger partial charge is 0.312 e. The van der Waals surface area contributed by atoms with Gasteiger partial charge < -0.3 is 10.2 Å². The third kappa shape index (κ3) is 2.44.